The van der Waals surface area contributed by atoms with Gasteiger partial charge in [-0.3, -0.25) is 9.69 Å². The van der Waals surface area contributed by atoms with Crippen molar-refractivity contribution >= 4 is 17.2 Å². The number of likely N-dealkylation sites (tertiary alicyclic amines) is 1. The highest BCUT2D eigenvalue weighted by atomic mass is 32.1. The van der Waals surface area contributed by atoms with Crippen LogP contribution in [0.3, 0.4) is 0 Å². The lowest BCUT2D eigenvalue weighted by atomic mass is 9.79. The van der Waals surface area contributed by atoms with Crippen LogP contribution in [0.5, 0.6) is 0 Å². The van der Waals surface area contributed by atoms with E-state index in [2.05, 4.69) is 27.0 Å². The van der Waals surface area contributed by atoms with Crippen LogP contribution in [0.4, 0.5) is 0 Å². The average Bonchev–Trinajstić information content (AvgIpc) is 3.07. The molecule has 6 heteroatoms. The molecule has 3 atom stereocenters. The Bertz CT molecular complexity index is 494. The van der Waals surface area contributed by atoms with Crippen LogP contribution in [0.15, 0.2) is 16.8 Å². The number of fused-ring (bicyclic) bond motifs is 1. The van der Waals surface area contributed by atoms with E-state index in [0.717, 1.165) is 32.5 Å². The van der Waals surface area contributed by atoms with Crippen molar-refractivity contribution in [2.24, 2.45) is 11.8 Å². The molecule has 128 valence electrons. The van der Waals surface area contributed by atoms with Crippen LogP contribution in [0, 0.1) is 11.8 Å². The van der Waals surface area contributed by atoms with Crippen molar-refractivity contribution in [2.75, 3.05) is 40.0 Å². The van der Waals surface area contributed by atoms with E-state index in [1.807, 2.05) is 0 Å². The van der Waals surface area contributed by atoms with Crippen molar-refractivity contribution < 1.29 is 14.3 Å². The summed E-state index contributed by atoms with van der Waals surface area (Å²) in [7, 11) is 1.65. The molecule has 5 nitrogen and oxygen atoms in total. The largest absolute Gasteiger partial charge is 0.383 e. The van der Waals surface area contributed by atoms with Crippen molar-refractivity contribution in [2.45, 2.75) is 25.5 Å². The number of methoxy groups -OCH3 is 1. The number of piperidine rings is 1. The van der Waals surface area contributed by atoms with E-state index < -0.39 is 0 Å². The highest BCUT2D eigenvalue weighted by Crippen LogP contribution is 2.33. The van der Waals surface area contributed by atoms with Gasteiger partial charge in [-0.1, -0.05) is 0 Å². The number of thiophene rings is 1. The van der Waals surface area contributed by atoms with Gasteiger partial charge in [0.25, 0.3) is 0 Å². The van der Waals surface area contributed by atoms with E-state index in [0.29, 0.717) is 25.7 Å². The summed E-state index contributed by atoms with van der Waals surface area (Å²) in [5.74, 6) is 0.535. The number of carbonyl (C=O) groups is 1. The van der Waals surface area contributed by atoms with Gasteiger partial charge in [0, 0.05) is 51.7 Å². The fourth-order valence-corrected chi connectivity index (χ4v) is 4.36. The zero-order valence-electron chi connectivity index (χ0n) is 13.7. The maximum absolute atomic E-state index is 12.5. The Hall–Kier alpha value is -0.950. The van der Waals surface area contributed by atoms with E-state index in [1.54, 1.807) is 18.4 Å². The highest BCUT2D eigenvalue weighted by molar-refractivity contribution is 7.07. The fourth-order valence-electron chi connectivity index (χ4n) is 3.70. The predicted molar refractivity (Wildman–Crippen MR) is 90.4 cm³/mol. The van der Waals surface area contributed by atoms with Gasteiger partial charge in [-0.15, -0.1) is 0 Å². The first kappa shape index (κ1) is 16.9. The van der Waals surface area contributed by atoms with Gasteiger partial charge in [0.1, 0.15) is 0 Å². The molecular formula is C17H26N2O3S. The third kappa shape index (κ3) is 4.32. The molecule has 0 spiro atoms. The van der Waals surface area contributed by atoms with Crippen molar-refractivity contribution in [1.82, 2.24) is 10.2 Å². The summed E-state index contributed by atoms with van der Waals surface area (Å²) in [5.41, 5.74) is 1.37. The standard InChI is InChI=1S/C17H26N2O3S/c1-21-8-5-18-17(20)14-3-7-22-16-2-6-19(11-15(14)16)10-13-4-9-23-12-13/h4,9,12,14-16H,2-3,5-8,10-11H2,1H3,(H,18,20)/t14-,15-,16-/m1/s1. The maximum Gasteiger partial charge on any atom is 0.223 e. The Morgan fingerprint density at radius 3 is 3.22 bits per heavy atom. The maximum atomic E-state index is 12.5. The number of nitrogens with one attached hydrogen (secondary N) is 1. The number of hydrogen-bond acceptors (Lipinski definition) is 5. The lowest BCUT2D eigenvalue weighted by molar-refractivity contribution is -0.142. The minimum atomic E-state index is 0.0656. The molecule has 2 saturated heterocycles. The number of hydrogen-bond donors (Lipinski definition) is 1. The van der Waals surface area contributed by atoms with Crippen LogP contribution >= 0.6 is 11.3 Å². The summed E-state index contributed by atoms with van der Waals surface area (Å²) >= 11 is 1.74. The Balaban J connectivity index is 1.59. The zero-order valence-corrected chi connectivity index (χ0v) is 14.5. The summed E-state index contributed by atoms with van der Waals surface area (Å²) in [4.78, 5) is 15.0. The van der Waals surface area contributed by atoms with E-state index in [-0.39, 0.29) is 17.9 Å². The molecular weight excluding hydrogens is 312 g/mol. The molecule has 0 saturated carbocycles. The molecule has 0 aliphatic carbocycles. The smallest absolute Gasteiger partial charge is 0.223 e. The molecule has 0 aromatic carbocycles. The summed E-state index contributed by atoms with van der Waals surface area (Å²) in [6.07, 6.45) is 2.09. The molecule has 1 aromatic heterocycles. The summed E-state index contributed by atoms with van der Waals surface area (Å²) < 4.78 is 11.0. The number of amides is 1. The summed E-state index contributed by atoms with van der Waals surface area (Å²) in [6.45, 7) is 4.83. The second-order valence-corrected chi connectivity index (χ2v) is 7.19. The van der Waals surface area contributed by atoms with Gasteiger partial charge in [0.05, 0.1) is 12.7 Å². The Morgan fingerprint density at radius 2 is 2.43 bits per heavy atom. The first-order chi connectivity index (χ1) is 11.3. The topological polar surface area (TPSA) is 50.8 Å². The Labute approximate surface area is 142 Å². The molecule has 1 amide bonds. The molecule has 2 fully saturated rings. The van der Waals surface area contributed by atoms with E-state index in [1.165, 1.54) is 5.56 Å². The van der Waals surface area contributed by atoms with Crippen molar-refractivity contribution in [3.63, 3.8) is 0 Å². The molecule has 0 bridgehead atoms. The highest BCUT2D eigenvalue weighted by Gasteiger charge is 2.41. The SMILES string of the molecule is COCCNC(=O)[C@@H]1CCO[C@@H]2CCN(Cc3ccsc3)C[C@@H]21. The lowest BCUT2D eigenvalue weighted by Gasteiger charge is -2.44. The lowest BCUT2D eigenvalue weighted by Crippen LogP contribution is -2.53. The van der Waals surface area contributed by atoms with Crippen molar-refractivity contribution in [3.8, 4) is 0 Å². The Morgan fingerprint density at radius 1 is 1.52 bits per heavy atom. The molecule has 0 radical (unpaired) electrons. The van der Waals surface area contributed by atoms with Crippen molar-refractivity contribution in [1.29, 1.82) is 0 Å². The van der Waals surface area contributed by atoms with Gasteiger partial charge >= 0.3 is 0 Å². The van der Waals surface area contributed by atoms with Crippen LogP contribution in [-0.4, -0.2) is 56.9 Å². The monoisotopic (exact) mass is 338 g/mol. The number of rotatable bonds is 6. The third-order valence-corrected chi connectivity index (χ3v) is 5.61. The second-order valence-electron chi connectivity index (χ2n) is 6.41. The van der Waals surface area contributed by atoms with Gasteiger partial charge < -0.3 is 14.8 Å². The average molecular weight is 338 g/mol. The number of carbonyl (C=O) groups excluding carboxylic acids is 1. The van der Waals surface area contributed by atoms with Crippen LogP contribution in [0.1, 0.15) is 18.4 Å². The van der Waals surface area contributed by atoms with Crippen LogP contribution in [-0.2, 0) is 20.8 Å². The molecule has 2 aliphatic heterocycles. The minimum Gasteiger partial charge on any atom is -0.383 e. The first-order valence-electron chi connectivity index (χ1n) is 8.39. The summed E-state index contributed by atoms with van der Waals surface area (Å²) in [5, 5.41) is 7.34. The van der Waals surface area contributed by atoms with Crippen LogP contribution in [0.25, 0.3) is 0 Å². The molecule has 1 aromatic rings. The van der Waals surface area contributed by atoms with E-state index >= 15 is 0 Å². The quantitative estimate of drug-likeness (QED) is 0.803. The van der Waals surface area contributed by atoms with Crippen LogP contribution in [0.2, 0.25) is 0 Å². The minimum absolute atomic E-state index is 0.0656. The van der Waals surface area contributed by atoms with Gasteiger partial charge in [0.15, 0.2) is 0 Å². The molecule has 3 heterocycles. The number of ether oxygens (including phenoxy) is 2. The van der Waals surface area contributed by atoms with Crippen LogP contribution < -0.4 is 5.32 Å². The van der Waals surface area contributed by atoms with Gasteiger partial charge in [-0.2, -0.15) is 11.3 Å². The molecule has 2 aliphatic rings. The van der Waals surface area contributed by atoms with E-state index in [4.69, 9.17) is 9.47 Å². The summed E-state index contributed by atoms with van der Waals surface area (Å²) in [6, 6.07) is 2.18. The molecule has 3 rings (SSSR count). The fraction of sp³-hybridized carbons (Fsp3) is 0.706. The molecule has 0 unspecified atom stereocenters. The first-order valence-corrected chi connectivity index (χ1v) is 9.34. The van der Waals surface area contributed by atoms with Crippen molar-refractivity contribution in [3.05, 3.63) is 22.4 Å². The Kier molecular flexibility index (Phi) is 6.05. The zero-order chi connectivity index (χ0) is 16.1. The third-order valence-electron chi connectivity index (χ3n) is 4.88. The van der Waals surface area contributed by atoms with Gasteiger partial charge in [0.2, 0.25) is 5.91 Å². The van der Waals surface area contributed by atoms with Gasteiger partial charge in [-0.05, 0) is 35.2 Å². The predicted octanol–water partition coefficient (Wildman–Crippen LogP) is 1.74. The molecule has 23 heavy (non-hydrogen) atoms. The number of nitrogens with zero attached hydrogens (tertiary/aromatic N) is 1. The molecule has 1 N–H and O–H groups in total. The normalized spacial score (nSPS) is 28.3. The van der Waals surface area contributed by atoms with E-state index in [9.17, 15) is 4.79 Å². The van der Waals surface area contributed by atoms with Gasteiger partial charge in [-0.25, -0.2) is 0 Å². The second kappa shape index (κ2) is 8.24.